The fourth-order valence-corrected chi connectivity index (χ4v) is 1.71. The van der Waals surface area contributed by atoms with E-state index in [9.17, 15) is 13.2 Å². The molecule has 112 valence electrons. The molecule has 0 saturated carbocycles. The second-order valence-corrected chi connectivity index (χ2v) is 4.14. The first-order valence-corrected chi connectivity index (χ1v) is 6.12. The lowest BCUT2D eigenvalue weighted by atomic mass is 10.2. The number of rotatable bonds is 4. The Balaban J connectivity index is 2.40. The summed E-state index contributed by atoms with van der Waals surface area (Å²) in [7, 11) is 0. The molecule has 0 aliphatic heterocycles. The Bertz CT molecular complexity index is 609. The lowest BCUT2D eigenvalue weighted by Gasteiger charge is -2.10. The van der Waals surface area contributed by atoms with Gasteiger partial charge in [0.2, 0.25) is 0 Å². The molecule has 1 aromatic carbocycles. The Labute approximate surface area is 118 Å². The Morgan fingerprint density at radius 2 is 2.00 bits per heavy atom. The van der Waals surface area contributed by atoms with Crippen LogP contribution in [0.3, 0.4) is 0 Å². The number of alkyl halides is 3. The van der Waals surface area contributed by atoms with Gasteiger partial charge >= 0.3 is 6.36 Å². The van der Waals surface area contributed by atoms with Crippen molar-refractivity contribution in [2.45, 2.75) is 19.7 Å². The van der Waals surface area contributed by atoms with Crippen molar-refractivity contribution in [1.82, 2.24) is 9.97 Å². The van der Waals surface area contributed by atoms with Crippen LogP contribution >= 0.6 is 0 Å². The summed E-state index contributed by atoms with van der Waals surface area (Å²) in [4.78, 5) is 8.39. The van der Waals surface area contributed by atoms with Gasteiger partial charge in [-0.3, -0.25) is 0 Å². The van der Waals surface area contributed by atoms with Crippen LogP contribution in [0.4, 0.5) is 19.0 Å². The van der Waals surface area contributed by atoms with Crippen LogP contribution in [0.5, 0.6) is 5.75 Å². The number of hydrazine groups is 1. The highest BCUT2D eigenvalue weighted by molar-refractivity contribution is 5.59. The van der Waals surface area contributed by atoms with E-state index in [1.807, 2.05) is 6.92 Å². The van der Waals surface area contributed by atoms with E-state index < -0.39 is 6.36 Å². The predicted octanol–water partition coefficient (Wildman–Crippen LogP) is 2.89. The average Bonchev–Trinajstić information content (AvgIpc) is 2.45. The Kier molecular flexibility index (Phi) is 4.27. The van der Waals surface area contributed by atoms with Crippen molar-refractivity contribution in [3.63, 3.8) is 0 Å². The summed E-state index contributed by atoms with van der Waals surface area (Å²) in [5, 5.41) is 0. The van der Waals surface area contributed by atoms with Crippen molar-refractivity contribution >= 4 is 5.82 Å². The van der Waals surface area contributed by atoms with Gasteiger partial charge in [0.25, 0.3) is 0 Å². The summed E-state index contributed by atoms with van der Waals surface area (Å²) >= 11 is 0. The van der Waals surface area contributed by atoms with Crippen molar-refractivity contribution < 1.29 is 17.9 Å². The zero-order chi connectivity index (χ0) is 15.5. The number of anilines is 1. The van der Waals surface area contributed by atoms with Crippen LogP contribution in [-0.2, 0) is 6.42 Å². The first kappa shape index (κ1) is 15.0. The molecule has 8 heteroatoms. The normalized spacial score (nSPS) is 11.3. The molecule has 5 nitrogen and oxygen atoms in total. The summed E-state index contributed by atoms with van der Waals surface area (Å²) in [5.41, 5.74) is 3.53. The molecule has 0 saturated heterocycles. The molecule has 2 rings (SSSR count). The van der Waals surface area contributed by atoms with Crippen molar-refractivity contribution in [3.8, 4) is 17.1 Å². The molecule has 3 N–H and O–H groups in total. The van der Waals surface area contributed by atoms with Gasteiger partial charge in [0.15, 0.2) is 5.82 Å². The Hall–Kier alpha value is -2.35. The van der Waals surface area contributed by atoms with Gasteiger partial charge in [0, 0.05) is 17.3 Å². The molecule has 0 spiro atoms. The van der Waals surface area contributed by atoms with Crippen LogP contribution in [0.15, 0.2) is 30.3 Å². The quantitative estimate of drug-likeness (QED) is 0.670. The van der Waals surface area contributed by atoms with E-state index >= 15 is 0 Å². The van der Waals surface area contributed by atoms with E-state index in [0.29, 0.717) is 17.8 Å². The van der Waals surface area contributed by atoms with E-state index in [1.54, 1.807) is 12.1 Å². The highest BCUT2D eigenvalue weighted by Crippen LogP contribution is 2.27. The van der Waals surface area contributed by atoms with Gasteiger partial charge in [0.05, 0.1) is 0 Å². The zero-order valence-electron chi connectivity index (χ0n) is 11.1. The summed E-state index contributed by atoms with van der Waals surface area (Å²) in [6.45, 7) is 1.90. The molecule has 0 radical (unpaired) electrons. The molecular weight excluding hydrogens is 285 g/mol. The van der Waals surface area contributed by atoms with Gasteiger partial charge in [-0.1, -0.05) is 19.1 Å². The van der Waals surface area contributed by atoms with E-state index in [2.05, 4.69) is 20.1 Å². The minimum Gasteiger partial charge on any atom is -0.406 e. The van der Waals surface area contributed by atoms with Crippen molar-refractivity contribution in [1.29, 1.82) is 0 Å². The molecule has 0 unspecified atom stereocenters. The topological polar surface area (TPSA) is 73.1 Å². The largest absolute Gasteiger partial charge is 0.573 e. The number of hydrogen-bond donors (Lipinski definition) is 2. The number of ether oxygens (including phenoxy) is 1. The number of benzene rings is 1. The third-order valence-corrected chi connectivity index (χ3v) is 2.62. The maximum absolute atomic E-state index is 12.2. The molecule has 0 fully saturated rings. The van der Waals surface area contributed by atoms with Crippen LogP contribution in [0, 0.1) is 0 Å². The number of halogens is 3. The van der Waals surface area contributed by atoms with Crippen LogP contribution in [-0.4, -0.2) is 16.3 Å². The fraction of sp³-hybridized carbons (Fsp3) is 0.231. The van der Waals surface area contributed by atoms with Crippen LogP contribution in [0.2, 0.25) is 0 Å². The first-order chi connectivity index (χ1) is 9.91. The van der Waals surface area contributed by atoms with Crippen molar-refractivity contribution in [2.24, 2.45) is 5.84 Å². The average molecular weight is 298 g/mol. The number of hydrogen-bond acceptors (Lipinski definition) is 5. The van der Waals surface area contributed by atoms with E-state index in [0.717, 1.165) is 5.69 Å². The van der Waals surface area contributed by atoms with Crippen molar-refractivity contribution in [2.75, 3.05) is 5.43 Å². The Morgan fingerprint density at radius 1 is 1.24 bits per heavy atom. The van der Waals surface area contributed by atoms with Gasteiger partial charge < -0.3 is 10.2 Å². The highest BCUT2D eigenvalue weighted by Gasteiger charge is 2.31. The van der Waals surface area contributed by atoms with Crippen LogP contribution in [0.1, 0.15) is 12.6 Å². The molecule has 2 aromatic rings. The maximum Gasteiger partial charge on any atom is 0.573 e. The molecule has 1 aromatic heterocycles. The molecule has 0 amide bonds. The molecule has 0 atom stereocenters. The smallest absolute Gasteiger partial charge is 0.406 e. The lowest BCUT2D eigenvalue weighted by Crippen LogP contribution is -2.17. The summed E-state index contributed by atoms with van der Waals surface area (Å²) in [6.07, 6.45) is -4.10. The van der Waals surface area contributed by atoms with Crippen LogP contribution < -0.4 is 16.0 Å². The predicted molar refractivity (Wildman–Crippen MR) is 71.3 cm³/mol. The van der Waals surface area contributed by atoms with Gasteiger partial charge in [-0.25, -0.2) is 15.8 Å². The fourth-order valence-electron chi connectivity index (χ4n) is 1.71. The van der Waals surface area contributed by atoms with Crippen molar-refractivity contribution in [3.05, 3.63) is 36.0 Å². The number of nitrogens with zero attached hydrogens (tertiary/aromatic N) is 2. The highest BCUT2D eigenvalue weighted by atomic mass is 19.4. The van der Waals surface area contributed by atoms with Gasteiger partial charge in [-0.15, -0.1) is 13.2 Å². The van der Waals surface area contributed by atoms with Gasteiger partial charge in [0.1, 0.15) is 11.6 Å². The van der Waals surface area contributed by atoms with E-state index in [4.69, 9.17) is 5.84 Å². The van der Waals surface area contributed by atoms with E-state index in [1.165, 1.54) is 18.2 Å². The number of nitrogens with two attached hydrogens (primary N) is 1. The van der Waals surface area contributed by atoms with Crippen LogP contribution in [0.25, 0.3) is 11.4 Å². The number of nitrogen functional groups attached to an aromatic ring is 1. The molecular formula is C13H13F3N4O. The first-order valence-electron chi connectivity index (χ1n) is 6.12. The molecule has 0 bridgehead atoms. The number of nitrogens with one attached hydrogen (secondary N) is 1. The standard InChI is InChI=1S/C13H13F3N4O/c1-2-9-7-11(20-17)19-12(18-9)8-4-3-5-10(6-8)21-13(14,15)16/h3-7H,2,17H2,1H3,(H,18,19,20). The number of aryl methyl sites for hydroxylation is 1. The summed E-state index contributed by atoms with van der Waals surface area (Å²) < 4.78 is 40.6. The Morgan fingerprint density at radius 3 is 2.62 bits per heavy atom. The lowest BCUT2D eigenvalue weighted by molar-refractivity contribution is -0.274. The SMILES string of the molecule is CCc1cc(NN)nc(-c2cccc(OC(F)(F)F)c2)n1. The van der Waals surface area contributed by atoms with Gasteiger partial charge in [-0.2, -0.15) is 0 Å². The molecule has 0 aliphatic rings. The molecule has 21 heavy (non-hydrogen) atoms. The second-order valence-electron chi connectivity index (χ2n) is 4.14. The maximum atomic E-state index is 12.2. The van der Waals surface area contributed by atoms with Gasteiger partial charge in [-0.05, 0) is 18.6 Å². The zero-order valence-corrected chi connectivity index (χ0v) is 11.1. The third-order valence-electron chi connectivity index (χ3n) is 2.62. The number of aromatic nitrogens is 2. The minimum atomic E-state index is -4.74. The molecule has 0 aliphatic carbocycles. The van der Waals surface area contributed by atoms with E-state index in [-0.39, 0.29) is 11.6 Å². The summed E-state index contributed by atoms with van der Waals surface area (Å²) in [6, 6.07) is 7.14. The minimum absolute atomic E-state index is 0.273. The second kappa shape index (κ2) is 5.96. The monoisotopic (exact) mass is 298 g/mol. The summed E-state index contributed by atoms with van der Waals surface area (Å²) in [5.74, 6) is 5.65. The molecule has 1 heterocycles. The third kappa shape index (κ3) is 4.06.